The van der Waals surface area contributed by atoms with E-state index >= 15 is 0 Å². The Morgan fingerprint density at radius 3 is 2.55 bits per heavy atom. The van der Waals surface area contributed by atoms with Gasteiger partial charge >= 0.3 is 0 Å². The second kappa shape index (κ2) is 7.72. The molecule has 0 heterocycles. The summed E-state index contributed by atoms with van der Waals surface area (Å²) in [6.45, 7) is 0.360. The van der Waals surface area contributed by atoms with Crippen LogP contribution < -0.4 is 9.47 Å². The molecule has 0 saturated heterocycles. The molecule has 0 aliphatic rings. The first-order valence-electron chi connectivity index (χ1n) is 6.18. The lowest BCUT2D eigenvalue weighted by atomic mass is 10.1. The number of carbonyl (C=O) groups is 1. The van der Waals surface area contributed by atoms with E-state index in [2.05, 4.69) is 0 Å². The van der Waals surface area contributed by atoms with Crippen LogP contribution in [0.3, 0.4) is 0 Å². The van der Waals surface area contributed by atoms with Crippen LogP contribution >= 0.6 is 0 Å². The predicted molar refractivity (Wildman–Crippen MR) is 74.4 cm³/mol. The smallest absolute Gasteiger partial charge is 0.257 e. The molecule has 0 fully saturated rings. The molecule has 0 radical (unpaired) electrons. The Kier molecular flexibility index (Phi) is 6.27. The third-order valence-electron chi connectivity index (χ3n) is 2.83. The van der Waals surface area contributed by atoms with E-state index in [1.54, 1.807) is 32.4 Å². The van der Waals surface area contributed by atoms with Crippen molar-refractivity contribution in [3.8, 4) is 11.5 Å². The molecule has 1 unspecified atom stereocenters. The van der Waals surface area contributed by atoms with Crippen molar-refractivity contribution in [3.05, 3.63) is 23.8 Å². The Balaban J connectivity index is 2.85. The van der Waals surface area contributed by atoms with Crippen molar-refractivity contribution in [1.29, 1.82) is 0 Å². The highest BCUT2D eigenvalue weighted by Gasteiger charge is 2.19. The molecule has 1 aromatic carbocycles. The molecular formula is C14H21NO5. The maximum atomic E-state index is 12.3. The van der Waals surface area contributed by atoms with Crippen LogP contribution in [0.15, 0.2) is 18.2 Å². The zero-order valence-electron chi connectivity index (χ0n) is 12.3. The van der Waals surface area contributed by atoms with Crippen molar-refractivity contribution < 1.29 is 24.1 Å². The number of aliphatic hydroxyl groups excluding tert-OH is 1. The van der Waals surface area contributed by atoms with Gasteiger partial charge in [-0.2, -0.15) is 0 Å². The lowest BCUT2D eigenvalue weighted by Gasteiger charge is -2.21. The lowest BCUT2D eigenvalue weighted by molar-refractivity contribution is 0.0379. The molecule has 1 aromatic rings. The average molecular weight is 283 g/mol. The quantitative estimate of drug-likeness (QED) is 0.801. The molecule has 1 rings (SSSR count). The van der Waals surface area contributed by atoms with Gasteiger partial charge in [-0.15, -0.1) is 0 Å². The number of hydrogen-bond acceptors (Lipinski definition) is 5. The van der Waals surface area contributed by atoms with Gasteiger partial charge in [0, 0.05) is 26.8 Å². The summed E-state index contributed by atoms with van der Waals surface area (Å²) < 4.78 is 15.1. The number of aliphatic hydroxyl groups is 1. The van der Waals surface area contributed by atoms with Gasteiger partial charge in [0.15, 0.2) is 0 Å². The van der Waals surface area contributed by atoms with Gasteiger partial charge in [-0.1, -0.05) is 0 Å². The van der Waals surface area contributed by atoms with Crippen LogP contribution in [0.2, 0.25) is 0 Å². The molecule has 6 heteroatoms. The minimum Gasteiger partial charge on any atom is -0.497 e. The molecule has 112 valence electrons. The molecule has 1 N–H and O–H groups in total. The highest BCUT2D eigenvalue weighted by Crippen LogP contribution is 2.25. The highest BCUT2D eigenvalue weighted by molar-refractivity contribution is 5.97. The summed E-state index contributed by atoms with van der Waals surface area (Å²) >= 11 is 0. The number of ether oxygens (including phenoxy) is 3. The fourth-order valence-electron chi connectivity index (χ4n) is 1.82. The predicted octanol–water partition coefficient (Wildman–Crippen LogP) is 0.783. The molecule has 0 saturated carbocycles. The number of carbonyl (C=O) groups excluding carboxylic acids is 1. The Morgan fingerprint density at radius 2 is 2.00 bits per heavy atom. The Bertz CT molecular complexity index is 449. The fourth-order valence-corrected chi connectivity index (χ4v) is 1.82. The van der Waals surface area contributed by atoms with Crippen molar-refractivity contribution in [2.24, 2.45) is 0 Å². The van der Waals surface area contributed by atoms with E-state index in [1.807, 2.05) is 0 Å². The normalized spacial score (nSPS) is 11.8. The largest absolute Gasteiger partial charge is 0.497 e. The maximum absolute atomic E-state index is 12.3. The van der Waals surface area contributed by atoms with Crippen molar-refractivity contribution in [3.63, 3.8) is 0 Å². The van der Waals surface area contributed by atoms with E-state index in [-0.39, 0.29) is 19.1 Å². The summed E-state index contributed by atoms with van der Waals surface area (Å²) in [7, 11) is 6.15. The first-order valence-corrected chi connectivity index (χ1v) is 6.18. The van der Waals surface area contributed by atoms with Gasteiger partial charge in [0.2, 0.25) is 0 Å². The molecule has 0 aliphatic heterocycles. The molecule has 6 nitrogen and oxygen atoms in total. The van der Waals surface area contributed by atoms with Crippen molar-refractivity contribution >= 4 is 5.91 Å². The lowest BCUT2D eigenvalue weighted by Crippen LogP contribution is -2.36. The van der Waals surface area contributed by atoms with Crippen LogP contribution in [-0.4, -0.2) is 63.5 Å². The van der Waals surface area contributed by atoms with Gasteiger partial charge in [-0.3, -0.25) is 4.79 Å². The van der Waals surface area contributed by atoms with E-state index in [4.69, 9.17) is 14.2 Å². The monoisotopic (exact) mass is 283 g/mol. The van der Waals surface area contributed by atoms with Crippen molar-refractivity contribution in [1.82, 2.24) is 4.90 Å². The zero-order valence-corrected chi connectivity index (χ0v) is 12.3. The number of hydrogen-bond donors (Lipinski definition) is 1. The third-order valence-corrected chi connectivity index (χ3v) is 2.83. The third kappa shape index (κ3) is 4.11. The molecule has 20 heavy (non-hydrogen) atoms. The summed E-state index contributed by atoms with van der Waals surface area (Å²) in [5, 5.41) is 9.65. The SMILES string of the molecule is COCC(O)CN(C)C(=O)c1ccc(OC)cc1OC. The minimum absolute atomic E-state index is 0.178. The van der Waals surface area contributed by atoms with Crippen LogP contribution in [0.5, 0.6) is 11.5 Å². The maximum Gasteiger partial charge on any atom is 0.257 e. The van der Waals surface area contributed by atoms with Gasteiger partial charge in [-0.05, 0) is 12.1 Å². The van der Waals surface area contributed by atoms with Crippen LogP contribution in [-0.2, 0) is 4.74 Å². The second-order valence-corrected chi connectivity index (χ2v) is 4.36. The summed E-state index contributed by atoms with van der Waals surface area (Å²) in [6.07, 6.45) is -0.724. The number of nitrogens with zero attached hydrogens (tertiary/aromatic N) is 1. The molecule has 1 amide bonds. The van der Waals surface area contributed by atoms with Gasteiger partial charge in [0.1, 0.15) is 11.5 Å². The van der Waals surface area contributed by atoms with Gasteiger partial charge in [0.25, 0.3) is 5.91 Å². The van der Waals surface area contributed by atoms with Crippen molar-refractivity contribution in [2.45, 2.75) is 6.10 Å². The van der Waals surface area contributed by atoms with Crippen LogP contribution in [0.25, 0.3) is 0 Å². The van der Waals surface area contributed by atoms with Crippen molar-refractivity contribution in [2.75, 3.05) is 41.5 Å². The highest BCUT2D eigenvalue weighted by atomic mass is 16.5. The zero-order chi connectivity index (χ0) is 15.1. The summed E-state index contributed by atoms with van der Waals surface area (Å²) in [4.78, 5) is 13.7. The van der Waals surface area contributed by atoms with Crippen LogP contribution in [0, 0.1) is 0 Å². The first kappa shape index (κ1) is 16.3. The van der Waals surface area contributed by atoms with Gasteiger partial charge < -0.3 is 24.2 Å². The first-order chi connectivity index (χ1) is 9.53. The second-order valence-electron chi connectivity index (χ2n) is 4.36. The van der Waals surface area contributed by atoms with E-state index in [9.17, 15) is 9.90 Å². The number of benzene rings is 1. The van der Waals surface area contributed by atoms with Crippen LogP contribution in [0.4, 0.5) is 0 Å². The number of amides is 1. The van der Waals surface area contributed by atoms with Crippen LogP contribution in [0.1, 0.15) is 10.4 Å². The molecular weight excluding hydrogens is 262 g/mol. The van der Waals surface area contributed by atoms with Gasteiger partial charge in [0.05, 0.1) is 32.5 Å². The van der Waals surface area contributed by atoms with E-state index in [1.165, 1.54) is 19.1 Å². The number of methoxy groups -OCH3 is 3. The summed E-state index contributed by atoms with van der Waals surface area (Å²) in [5.74, 6) is 0.808. The summed E-state index contributed by atoms with van der Waals surface area (Å²) in [5.41, 5.74) is 0.417. The molecule has 0 aromatic heterocycles. The molecule has 0 bridgehead atoms. The summed E-state index contributed by atoms with van der Waals surface area (Å²) in [6, 6.07) is 4.97. The van der Waals surface area contributed by atoms with E-state index < -0.39 is 6.10 Å². The Labute approximate surface area is 118 Å². The Hall–Kier alpha value is -1.79. The topological polar surface area (TPSA) is 68.2 Å². The minimum atomic E-state index is -0.724. The number of likely N-dealkylation sites (N-methyl/N-ethyl adjacent to an activating group) is 1. The Morgan fingerprint density at radius 1 is 1.30 bits per heavy atom. The van der Waals surface area contributed by atoms with Gasteiger partial charge in [-0.25, -0.2) is 0 Å². The molecule has 0 aliphatic carbocycles. The standard InChI is InChI=1S/C14H21NO5/c1-15(8-10(16)9-18-2)14(17)12-6-5-11(19-3)7-13(12)20-4/h5-7,10,16H,8-9H2,1-4H3. The number of rotatable bonds is 7. The average Bonchev–Trinajstić information content (AvgIpc) is 2.45. The molecule has 0 spiro atoms. The van der Waals surface area contributed by atoms with E-state index in [0.717, 1.165) is 0 Å². The fraction of sp³-hybridized carbons (Fsp3) is 0.500. The molecule has 1 atom stereocenters. The van der Waals surface area contributed by atoms with E-state index in [0.29, 0.717) is 17.1 Å².